The van der Waals surface area contributed by atoms with E-state index in [1.807, 2.05) is 22.6 Å². The summed E-state index contributed by atoms with van der Waals surface area (Å²) in [5.74, 6) is -0.416. The van der Waals surface area contributed by atoms with E-state index < -0.39 is 5.97 Å². The Bertz CT molecular complexity index is 597. The molecule has 1 N–H and O–H groups in total. The zero-order valence-corrected chi connectivity index (χ0v) is 12.4. The third-order valence-electron chi connectivity index (χ3n) is 2.13. The molecule has 0 amide bonds. The van der Waals surface area contributed by atoms with E-state index in [4.69, 9.17) is 27.9 Å². The van der Waals surface area contributed by atoms with Crippen LogP contribution < -0.4 is 0 Å². The molecule has 7 heteroatoms. The molecule has 0 aliphatic heterocycles. The first-order valence-corrected chi connectivity index (χ1v) is 6.58. The van der Waals surface area contributed by atoms with Crippen molar-refractivity contribution in [2.75, 3.05) is 6.61 Å². The molecule has 0 atom stereocenters. The van der Waals surface area contributed by atoms with Gasteiger partial charge in [-0.2, -0.15) is 0 Å². The minimum absolute atomic E-state index is 0.237. The van der Waals surface area contributed by atoms with Gasteiger partial charge in [0.2, 0.25) is 0 Å². The smallest absolute Gasteiger partial charge is 0.355 e. The number of carbonyl (C=O) groups excluding carboxylic acids is 1. The summed E-state index contributed by atoms with van der Waals surface area (Å²) in [4.78, 5) is 18.5. The van der Waals surface area contributed by atoms with Gasteiger partial charge in [-0.15, -0.1) is 0 Å². The molecule has 4 nitrogen and oxygen atoms in total. The number of esters is 1. The van der Waals surface area contributed by atoms with E-state index in [0.717, 1.165) is 8.96 Å². The highest BCUT2D eigenvalue weighted by Crippen LogP contribution is 2.30. The van der Waals surface area contributed by atoms with Gasteiger partial charge in [0.1, 0.15) is 10.8 Å². The maximum Gasteiger partial charge on any atom is 0.355 e. The fourth-order valence-electron chi connectivity index (χ4n) is 1.43. The van der Waals surface area contributed by atoms with Crippen molar-refractivity contribution >= 4 is 62.7 Å². The molecular weight excluding hydrogens is 378 g/mol. The Kier molecular flexibility index (Phi) is 3.79. The van der Waals surface area contributed by atoms with E-state index >= 15 is 0 Å². The second kappa shape index (κ2) is 4.99. The number of aromatic amines is 1. The molecule has 0 radical (unpaired) electrons. The first kappa shape index (κ1) is 12.9. The van der Waals surface area contributed by atoms with Crippen molar-refractivity contribution in [1.82, 2.24) is 9.97 Å². The normalized spacial score (nSPS) is 10.8. The Morgan fingerprint density at radius 3 is 2.94 bits per heavy atom. The highest BCUT2D eigenvalue weighted by Gasteiger charge is 2.19. The van der Waals surface area contributed by atoms with Gasteiger partial charge in [0.05, 0.1) is 15.7 Å². The molecule has 2 aromatic heterocycles. The number of fused-ring (bicyclic) bond motifs is 1. The molecule has 17 heavy (non-hydrogen) atoms. The van der Waals surface area contributed by atoms with Gasteiger partial charge in [-0.05, 0) is 35.6 Å². The predicted octanol–water partition coefficient (Wildman–Crippen LogP) is 3.65. The summed E-state index contributed by atoms with van der Waals surface area (Å²) < 4.78 is 5.66. The number of nitrogens with one attached hydrogen (secondary N) is 1. The van der Waals surface area contributed by atoms with Gasteiger partial charge in [0.25, 0.3) is 0 Å². The first-order chi connectivity index (χ1) is 8.04. The Labute approximate surface area is 121 Å². The molecule has 0 spiro atoms. The Morgan fingerprint density at radius 1 is 1.59 bits per heavy atom. The van der Waals surface area contributed by atoms with E-state index in [-0.39, 0.29) is 10.3 Å². The van der Waals surface area contributed by atoms with Crippen LogP contribution in [0.1, 0.15) is 17.4 Å². The lowest BCUT2D eigenvalue weighted by molar-refractivity contribution is 0.0519. The highest BCUT2D eigenvalue weighted by molar-refractivity contribution is 14.1. The highest BCUT2D eigenvalue weighted by atomic mass is 127. The number of ether oxygens (including phenoxy) is 1. The zero-order chi connectivity index (χ0) is 12.6. The monoisotopic (exact) mass is 384 g/mol. The van der Waals surface area contributed by atoms with Crippen LogP contribution in [0.2, 0.25) is 10.3 Å². The van der Waals surface area contributed by atoms with Gasteiger partial charge in [-0.25, -0.2) is 9.78 Å². The van der Waals surface area contributed by atoms with Crippen molar-refractivity contribution in [2.45, 2.75) is 6.92 Å². The van der Waals surface area contributed by atoms with Crippen LogP contribution in [-0.2, 0) is 4.74 Å². The van der Waals surface area contributed by atoms with E-state index in [1.165, 1.54) is 0 Å². The van der Waals surface area contributed by atoms with Crippen molar-refractivity contribution in [3.63, 3.8) is 0 Å². The van der Waals surface area contributed by atoms with Crippen molar-refractivity contribution in [3.8, 4) is 0 Å². The minimum Gasteiger partial charge on any atom is -0.461 e. The fraction of sp³-hybridized carbons (Fsp3) is 0.200. The van der Waals surface area contributed by atoms with Gasteiger partial charge in [-0.3, -0.25) is 0 Å². The van der Waals surface area contributed by atoms with Gasteiger partial charge >= 0.3 is 5.97 Å². The minimum atomic E-state index is -0.416. The van der Waals surface area contributed by atoms with Crippen molar-refractivity contribution in [2.24, 2.45) is 0 Å². The summed E-state index contributed by atoms with van der Waals surface area (Å²) in [5, 5.41) is 1.29. The topological polar surface area (TPSA) is 55.0 Å². The number of hydrogen-bond acceptors (Lipinski definition) is 3. The number of carbonyl (C=O) groups is 1. The maximum absolute atomic E-state index is 11.7. The van der Waals surface area contributed by atoms with Crippen LogP contribution in [0.3, 0.4) is 0 Å². The van der Waals surface area contributed by atoms with Crippen LogP contribution in [0.5, 0.6) is 0 Å². The number of hydrogen-bond donors (Lipinski definition) is 1. The number of nitrogens with zero attached hydrogens (tertiary/aromatic N) is 1. The molecule has 0 unspecified atom stereocenters. The van der Waals surface area contributed by atoms with Crippen LogP contribution in [-0.4, -0.2) is 22.5 Å². The number of aromatic nitrogens is 2. The number of halogens is 3. The largest absolute Gasteiger partial charge is 0.461 e. The van der Waals surface area contributed by atoms with Crippen molar-refractivity contribution < 1.29 is 9.53 Å². The van der Waals surface area contributed by atoms with Crippen LogP contribution in [0.15, 0.2) is 6.07 Å². The molecular formula is C10H7Cl2IN2O2. The van der Waals surface area contributed by atoms with Crippen LogP contribution in [0.25, 0.3) is 10.9 Å². The summed E-state index contributed by atoms with van der Waals surface area (Å²) in [6, 6.07) is 1.66. The molecule has 0 saturated heterocycles. The Hall–Kier alpha value is -0.530. The average molecular weight is 385 g/mol. The van der Waals surface area contributed by atoms with Crippen LogP contribution in [0.4, 0.5) is 0 Å². The quantitative estimate of drug-likeness (QED) is 0.488. The van der Waals surface area contributed by atoms with Gasteiger partial charge < -0.3 is 9.72 Å². The maximum atomic E-state index is 11.7. The summed E-state index contributed by atoms with van der Waals surface area (Å²) in [6.45, 7) is 2.07. The fourth-order valence-corrected chi connectivity index (χ4v) is 2.69. The molecule has 2 heterocycles. The molecule has 0 aliphatic carbocycles. The molecule has 0 aromatic carbocycles. The Morgan fingerprint density at radius 2 is 2.29 bits per heavy atom. The first-order valence-electron chi connectivity index (χ1n) is 4.75. The van der Waals surface area contributed by atoms with Crippen molar-refractivity contribution in [3.05, 3.63) is 25.6 Å². The van der Waals surface area contributed by atoms with E-state index in [1.54, 1.807) is 13.0 Å². The Balaban J connectivity index is 2.64. The zero-order valence-electron chi connectivity index (χ0n) is 8.68. The van der Waals surface area contributed by atoms with E-state index in [2.05, 4.69) is 9.97 Å². The number of H-pyrrole nitrogens is 1. The van der Waals surface area contributed by atoms with Crippen LogP contribution in [0, 0.1) is 3.57 Å². The summed E-state index contributed by atoms with van der Waals surface area (Å²) in [7, 11) is 0. The van der Waals surface area contributed by atoms with Gasteiger partial charge in [0, 0.05) is 5.39 Å². The number of rotatable bonds is 2. The molecule has 0 bridgehead atoms. The van der Waals surface area contributed by atoms with E-state index in [9.17, 15) is 4.79 Å². The lowest BCUT2D eigenvalue weighted by Gasteiger charge is -1.98. The molecule has 0 saturated carbocycles. The molecule has 0 aliphatic rings. The summed E-state index contributed by atoms with van der Waals surface area (Å²) in [5.41, 5.74) is 0.955. The second-order valence-corrected chi connectivity index (χ2v) is 5.02. The SMILES string of the molecule is CCOC(=O)c1[nH]c2c(Cl)nc(Cl)cc2c1I. The third kappa shape index (κ3) is 2.36. The van der Waals surface area contributed by atoms with Crippen LogP contribution >= 0.6 is 45.8 Å². The number of pyridine rings is 1. The van der Waals surface area contributed by atoms with Gasteiger partial charge in [-0.1, -0.05) is 23.2 Å². The summed E-state index contributed by atoms with van der Waals surface area (Å²) >= 11 is 13.8. The lowest BCUT2D eigenvalue weighted by Crippen LogP contribution is -2.06. The molecule has 90 valence electrons. The molecule has 2 rings (SSSR count). The van der Waals surface area contributed by atoms with Crippen molar-refractivity contribution in [1.29, 1.82) is 0 Å². The second-order valence-electron chi connectivity index (χ2n) is 3.19. The average Bonchev–Trinajstić information content (AvgIpc) is 2.57. The third-order valence-corrected chi connectivity index (χ3v) is 3.72. The predicted molar refractivity (Wildman–Crippen MR) is 74.8 cm³/mol. The molecule has 0 fully saturated rings. The molecule has 2 aromatic rings. The van der Waals surface area contributed by atoms with Gasteiger partial charge in [0.15, 0.2) is 5.15 Å². The summed E-state index contributed by atoms with van der Waals surface area (Å²) in [6.07, 6.45) is 0. The van der Waals surface area contributed by atoms with E-state index in [0.29, 0.717) is 17.8 Å². The standard InChI is InChI=1S/C10H7Cl2IN2O2/c1-2-17-10(16)8-6(13)4-3-5(11)14-9(12)7(4)15-8/h3,15H,2H2,1H3. The lowest BCUT2D eigenvalue weighted by atomic mass is 10.3.